The van der Waals surface area contributed by atoms with Crippen molar-refractivity contribution in [2.45, 2.75) is 24.2 Å². The summed E-state index contributed by atoms with van der Waals surface area (Å²) in [7, 11) is -2.20. The second kappa shape index (κ2) is 5.87. The summed E-state index contributed by atoms with van der Waals surface area (Å²) in [4.78, 5) is 0.0753. The average molecular weight is 324 g/mol. The summed E-state index contributed by atoms with van der Waals surface area (Å²) >= 11 is 11.9. The number of nitrogens with zero attached hydrogens (tertiary/aromatic N) is 1. The van der Waals surface area contributed by atoms with Crippen LogP contribution in [0.4, 0.5) is 0 Å². The molecule has 0 N–H and O–H groups in total. The second-order valence-corrected chi connectivity index (χ2v) is 7.05. The molecule has 1 fully saturated rings. The van der Waals surface area contributed by atoms with Gasteiger partial charge in [-0.3, -0.25) is 0 Å². The molecule has 7 heteroatoms. The number of rotatable bonds is 3. The highest BCUT2D eigenvalue weighted by molar-refractivity contribution is 7.89. The predicted molar refractivity (Wildman–Crippen MR) is 75.6 cm³/mol. The van der Waals surface area contributed by atoms with Gasteiger partial charge in [-0.05, 0) is 25.0 Å². The minimum atomic E-state index is -3.58. The Bertz CT molecular complexity index is 569. The van der Waals surface area contributed by atoms with Crippen molar-refractivity contribution >= 4 is 33.2 Å². The Morgan fingerprint density at radius 1 is 1.16 bits per heavy atom. The highest BCUT2D eigenvalue weighted by atomic mass is 35.5. The van der Waals surface area contributed by atoms with E-state index in [2.05, 4.69) is 0 Å². The normalized spacial score (nSPS) is 17.4. The van der Waals surface area contributed by atoms with E-state index < -0.39 is 10.0 Å². The smallest absolute Gasteiger partial charge is 0.246 e. The van der Waals surface area contributed by atoms with Crippen LogP contribution < -0.4 is 4.74 Å². The first-order valence-corrected chi connectivity index (χ1v) is 8.20. The van der Waals surface area contributed by atoms with Gasteiger partial charge in [0, 0.05) is 13.1 Å². The zero-order chi connectivity index (χ0) is 14.0. The number of halogens is 2. The maximum Gasteiger partial charge on any atom is 0.246 e. The van der Waals surface area contributed by atoms with Crippen LogP contribution in [0.5, 0.6) is 5.75 Å². The predicted octanol–water partition coefficient (Wildman–Crippen LogP) is 3.18. The Morgan fingerprint density at radius 2 is 1.79 bits per heavy atom. The van der Waals surface area contributed by atoms with Crippen molar-refractivity contribution in [3.05, 3.63) is 22.2 Å². The zero-order valence-electron chi connectivity index (χ0n) is 10.5. The summed E-state index contributed by atoms with van der Waals surface area (Å²) in [5.74, 6) is 0.111. The Hall–Kier alpha value is -0.490. The molecule has 0 spiro atoms. The number of hydrogen-bond acceptors (Lipinski definition) is 3. The minimum Gasteiger partial charge on any atom is -0.494 e. The molecule has 0 amide bonds. The molecule has 106 valence electrons. The Kier molecular flexibility index (Phi) is 4.61. The molecule has 0 radical (unpaired) electrons. The third-order valence-electron chi connectivity index (χ3n) is 3.15. The van der Waals surface area contributed by atoms with Crippen LogP contribution in [-0.2, 0) is 10.0 Å². The van der Waals surface area contributed by atoms with Gasteiger partial charge in [0.25, 0.3) is 0 Å². The molecule has 0 bridgehead atoms. The molecular weight excluding hydrogens is 309 g/mol. The number of sulfonamides is 1. The molecular formula is C12H15Cl2NO3S. The first-order valence-electron chi connectivity index (χ1n) is 6.00. The van der Waals surface area contributed by atoms with E-state index in [-0.39, 0.29) is 20.7 Å². The number of methoxy groups -OCH3 is 1. The molecule has 1 aromatic rings. The van der Waals surface area contributed by atoms with Gasteiger partial charge in [0.05, 0.1) is 12.1 Å². The topological polar surface area (TPSA) is 46.6 Å². The summed E-state index contributed by atoms with van der Waals surface area (Å²) in [6.07, 6.45) is 2.82. The lowest BCUT2D eigenvalue weighted by molar-refractivity contribution is 0.343. The molecule has 1 heterocycles. The quantitative estimate of drug-likeness (QED) is 0.858. The molecule has 4 nitrogen and oxygen atoms in total. The van der Waals surface area contributed by atoms with Crippen LogP contribution in [0.15, 0.2) is 17.0 Å². The average Bonchev–Trinajstić information content (AvgIpc) is 2.42. The molecule has 0 aromatic heterocycles. The van der Waals surface area contributed by atoms with Crippen molar-refractivity contribution in [3.8, 4) is 5.75 Å². The third-order valence-corrected chi connectivity index (χ3v) is 5.86. The lowest BCUT2D eigenvalue weighted by atomic mass is 10.2. The van der Waals surface area contributed by atoms with Crippen molar-refractivity contribution in [1.29, 1.82) is 0 Å². The van der Waals surface area contributed by atoms with Crippen LogP contribution in [0.25, 0.3) is 0 Å². The number of piperidine rings is 1. The van der Waals surface area contributed by atoms with Crippen molar-refractivity contribution in [2.24, 2.45) is 0 Å². The molecule has 1 aliphatic rings. The molecule has 1 aliphatic heterocycles. The van der Waals surface area contributed by atoms with Gasteiger partial charge in [-0.25, -0.2) is 8.42 Å². The van der Waals surface area contributed by atoms with E-state index in [0.29, 0.717) is 13.1 Å². The summed E-state index contributed by atoms with van der Waals surface area (Å²) in [6, 6.07) is 2.92. The summed E-state index contributed by atoms with van der Waals surface area (Å²) in [6.45, 7) is 1.07. The number of hydrogen-bond donors (Lipinski definition) is 0. The van der Waals surface area contributed by atoms with Crippen molar-refractivity contribution in [1.82, 2.24) is 4.31 Å². The summed E-state index contributed by atoms with van der Waals surface area (Å²) in [5.41, 5.74) is 0. The minimum absolute atomic E-state index is 0.0753. The Balaban J connectivity index is 2.48. The molecule has 1 aromatic carbocycles. The van der Waals surface area contributed by atoms with E-state index in [4.69, 9.17) is 27.9 Å². The van der Waals surface area contributed by atoms with Crippen LogP contribution in [-0.4, -0.2) is 32.9 Å². The van der Waals surface area contributed by atoms with Crippen LogP contribution in [0.1, 0.15) is 19.3 Å². The van der Waals surface area contributed by atoms with E-state index >= 15 is 0 Å². The first kappa shape index (κ1) is 14.9. The molecule has 0 atom stereocenters. The Labute approximate surface area is 123 Å². The standard InChI is InChI=1S/C12H15Cl2NO3S/c1-18-12-10(6-5-9(13)11(12)14)19(16,17)15-7-3-2-4-8-15/h5-6H,2-4,7-8H2,1H3. The van der Waals surface area contributed by atoms with Gasteiger partial charge in [0.1, 0.15) is 9.92 Å². The van der Waals surface area contributed by atoms with E-state index in [1.54, 1.807) is 0 Å². The van der Waals surface area contributed by atoms with Gasteiger partial charge in [0.15, 0.2) is 5.75 Å². The fourth-order valence-corrected chi connectivity index (χ4v) is 4.28. The van der Waals surface area contributed by atoms with E-state index in [1.165, 1.54) is 23.5 Å². The largest absolute Gasteiger partial charge is 0.494 e. The van der Waals surface area contributed by atoms with E-state index in [9.17, 15) is 8.42 Å². The molecule has 19 heavy (non-hydrogen) atoms. The lowest BCUT2D eigenvalue weighted by Crippen LogP contribution is -2.35. The van der Waals surface area contributed by atoms with Crippen molar-refractivity contribution in [3.63, 3.8) is 0 Å². The van der Waals surface area contributed by atoms with E-state index in [0.717, 1.165) is 19.3 Å². The van der Waals surface area contributed by atoms with Crippen molar-refractivity contribution < 1.29 is 13.2 Å². The van der Waals surface area contributed by atoms with Gasteiger partial charge in [0.2, 0.25) is 10.0 Å². The van der Waals surface area contributed by atoms with Crippen LogP contribution >= 0.6 is 23.2 Å². The fraction of sp³-hybridized carbons (Fsp3) is 0.500. The van der Waals surface area contributed by atoms with E-state index in [1.807, 2.05) is 0 Å². The first-order chi connectivity index (χ1) is 8.98. The van der Waals surface area contributed by atoms with Gasteiger partial charge < -0.3 is 4.74 Å². The maximum absolute atomic E-state index is 12.6. The maximum atomic E-state index is 12.6. The molecule has 0 unspecified atom stereocenters. The van der Waals surface area contributed by atoms with Gasteiger partial charge >= 0.3 is 0 Å². The highest BCUT2D eigenvalue weighted by Gasteiger charge is 2.30. The SMILES string of the molecule is COc1c(S(=O)(=O)N2CCCCC2)ccc(Cl)c1Cl. The molecule has 0 saturated carbocycles. The summed E-state index contributed by atoms with van der Waals surface area (Å²) in [5, 5.41) is 0.401. The zero-order valence-corrected chi connectivity index (χ0v) is 12.9. The highest BCUT2D eigenvalue weighted by Crippen LogP contribution is 2.38. The molecule has 2 rings (SSSR count). The summed E-state index contributed by atoms with van der Waals surface area (Å²) < 4.78 is 31.7. The van der Waals surface area contributed by atoms with Gasteiger partial charge in [-0.1, -0.05) is 29.6 Å². The monoisotopic (exact) mass is 323 g/mol. The fourth-order valence-electron chi connectivity index (χ4n) is 2.15. The van der Waals surface area contributed by atoms with Gasteiger partial charge in [-0.15, -0.1) is 0 Å². The van der Waals surface area contributed by atoms with Crippen LogP contribution in [0.2, 0.25) is 10.0 Å². The van der Waals surface area contributed by atoms with Crippen LogP contribution in [0, 0.1) is 0 Å². The number of benzene rings is 1. The molecule has 1 saturated heterocycles. The third kappa shape index (κ3) is 2.84. The van der Waals surface area contributed by atoms with Crippen molar-refractivity contribution in [2.75, 3.05) is 20.2 Å². The van der Waals surface area contributed by atoms with Gasteiger partial charge in [-0.2, -0.15) is 4.31 Å². The van der Waals surface area contributed by atoms with Crippen LogP contribution in [0.3, 0.4) is 0 Å². The molecule has 0 aliphatic carbocycles. The Morgan fingerprint density at radius 3 is 2.37 bits per heavy atom. The second-order valence-electron chi connectivity index (χ2n) is 4.36. The lowest BCUT2D eigenvalue weighted by Gasteiger charge is -2.26. The number of ether oxygens (including phenoxy) is 1.